The normalized spacial score (nSPS) is 11.0. The summed E-state index contributed by atoms with van der Waals surface area (Å²) < 4.78 is 2.11. The lowest BCUT2D eigenvalue weighted by Crippen LogP contribution is -2.41. The van der Waals surface area contributed by atoms with Gasteiger partial charge in [0.2, 0.25) is 0 Å². The van der Waals surface area contributed by atoms with Crippen LogP contribution in [0.3, 0.4) is 0 Å². The van der Waals surface area contributed by atoms with Crippen molar-refractivity contribution in [1.29, 1.82) is 0 Å². The van der Waals surface area contributed by atoms with E-state index in [-0.39, 0.29) is 13.1 Å². The summed E-state index contributed by atoms with van der Waals surface area (Å²) in [5.74, 6) is 0. The third kappa shape index (κ3) is 3.77. The molecule has 1 heterocycles. The highest BCUT2D eigenvalue weighted by Crippen LogP contribution is 2.00. The molecular formula is C12H20N4O4. The van der Waals surface area contributed by atoms with E-state index in [1.165, 1.54) is 4.57 Å². The van der Waals surface area contributed by atoms with Crippen LogP contribution in [-0.4, -0.2) is 26.6 Å². The van der Waals surface area contributed by atoms with E-state index in [1.54, 1.807) is 6.92 Å². The van der Waals surface area contributed by atoms with E-state index in [4.69, 9.17) is 0 Å². The van der Waals surface area contributed by atoms with Gasteiger partial charge < -0.3 is 5.32 Å². The fourth-order valence-electron chi connectivity index (χ4n) is 1.82. The minimum atomic E-state index is -0.839. The van der Waals surface area contributed by atoms with Gasteiger partial charge in [0, 0.05) is 19.1 Å². The highest BCUT2D eigenvalue weighted by Gasteiger charge is 2.18. The number of aryl methyl sites for hydroxylation is 1. The van der Waals surface area contributed by atoms with Gasteiger partial charge in [0.25, 0.3) is 0 Å². The van der Waals surface area contributed by atoms with Crippen LogP contribution in [0.2, 0.25) is 0 Å². The molecule has 0 aromatic carbocycles. The molecule has 0 fully saturated rings. The van der Waals surface area contributed by atoms with Gasteiger partial charge in [-0.05, 0) is 19.9 Å². The second kappa shape index (κ2) is 6.99. The monoisotopic (exact) mass is 284 g/mol. The molecule has 112 valence electrons. The summed E-state index contributed by atoms with van der Waals surface area (Å²) in [5.41, 5.74) is -1.91. The lowest BCUT2D eigenvalue weighted by Gasteiger charge is -2.10. The van der Waals surface area contributed by atoms with Gasteiger partial charge in [-0.2, -0.15) is 0 Å². The zero-order chi connectivity index (χ0) is 15.3. The van der Waals surface area contributed by atoms with Crippen LogP contribution in [0.1, 0.15) is 27.2 Å². The molecule has 0 atom stereocenters. The molecule has 1 rings (SSSR count). The molecule has 0 saturated carbocycles. The molecule has 0 aliphatic rings. The van der Waals surface area contributed by atoms with E-state index in [9.17, 15) is 19.7 Å². The lowest BCUT2D eigenvalue weighted by molar-refractivity contribution is -0.387. The van der Waals surface area contributed by atoms with Gasteiger partial charge in [-0.15, -0.1) is 0 Å². The summed E-state index contributed by atoms with van der Waals surface area (Å²) >= 11 is 0. The Hall–Kier alpha value is -1.96. The third-order valence-electron chi connectivity index (χ3n) is 2.87. The SMILES string of the molecule is CCn1cc([N+](=O)[O-])c(=O)n(CCCNC(C)C)c1=O. The molecular weight excluding hydrogens is 264 g/mol. The zero-order valence-electron chi connectivity index (χ0n) is 12.0. The number of nitro groups is 1. The zero-order valence-corrected chi connectivity index (χ0v) is 12.0. The maximum atomic E-state index is 12.0. The molecule has 1 N–H and O–H groups in total. The van der Waals surface area contributed by atoms with Crippen LogP contribution in [-0.2, 0) is 13.1 Å². The Morgan fingerprint density at radius 3 is 2.55 bits per heavy atom. The second-order valence-electron chi connectivity index (χ2n) is 4.76. The van der Waals surface area contributed by atoms with Crippen molar-refractivity contribution >= 4 is 5.69 Å². The van der Waals surface area contributed by atoms with Crippen LogP contribution in [0.5, 0.6) is 0 Å². The van der Waals surface area contributed by atoms with Gasteiger partial charge >= 0.3 is 16.9 Å². The van der Waals surface area contributed by atoms with Crippen molar-refractivity contribution in [2.75, 3.05) is 6.54 Å². The van der Waals surface area contributed by atoms with Crippen molar-refractivity contribution in [3.8, 4) is 0 Å². The van der Waals surface area contributed by atoms with Gasteiger partial charge in [-0.25, -0.2) is 4.79 Å². The first-order valence-corrected chi connectivity index (χ1v) is 6.60. The number of hydrogen-bond donors (Lipinski definition) is 1. The lowest BCUT2D eigenvalue weighted by atomic mass is 10.3. The van der Waals surface area contributed by atoms with Crippen LogP contribution >= 0.6 is 0 Å². The molecule has 0 aliphatic carbocycles. The molecule has 0 saturated heterocycles. The Bertz CT molecular complexity index is 588. The fraction of sp³-hybridized carbons (Fsp3) is 0.667. The molecule has 0 radical (unpaired) electrons. The minimum absolute atomic E-state index is 0.166. The van der Waals surface area contributed by atoms with Gasteiger partial charge in [-0.3, -0.25) is 24.0 Å². The van der Waals surface area contributed by atoms with Crippen LogP contribution in [0.4, 0.5) is 5.69 Å². The summed E-state index contributed by atoms with van der Waals surface area (Å²) in [7, 11) is 0. The average molecular weight is 284 g/mol. The van der Waals surface area contributed by atoms with Crippen LogP contribution in [0.25, 0.3) is 0 Å². The van der Waals surface area contributed by atoms with Gasteiger partial charge in [-0.1, -0.05) is 13.8 Å². The fourth-order valence-corrected chi connectivity index (χ4v) is 1.82. The van der Waals surface area contributed by atoms with Crippen LogP contribution in [0.15, 0.2) is 15.8 Å². The standard InChI is InChI=1S/C12H20N4O4/c1-4-14-8-10(16(19)20)11(17)15(12(14)18)7-5-6-13-9(2)3/h8-9,13H,4-7H2,1-3H3. The highest BCUT2D eigenvalue weighted by molar-refractivity contribution is 5.21. The summed E-state index contributed by atoms with van der Waals surface area (Å²) in [6.07, 6.45) is 1.56. The molecule has 0 spiro atoms. The number of aromatic nitrogens is 2. The van der Waals surface area contributed by atoms with E-state index < -0.39 is 21.9 Å². The van der Waals surface area contributed by atoms with Crippen LogP contribution in [0, 0.1) is 10.1 Å². The smallest absolute Gasteiger partial charge is 0.314 e. The average Bonchev–Trinajstić information content (AvgIpc) is 2.37. The van der Waals surface area contributed by atoms with E-state index in [2.05, 4.69) is 5.32 Å². The maximum Gasteiger partial charge on any atom is 0.350 e. The summed E-state index contributed by atoms with van der Waals surface area (Å²) in [6.45, 7) is 6.76. The number of nitrogens with one attached hydrogen (secondary N) is 1. The number of hydrogen-bond acceptors (Lipinski definition) is 5. The van der Waals surface area contributed by atoms with Crippen LogP contribution < -0.4 is 16.6 Å². The topological polar surface area (TPSA) is 99.2 Å². The quantitative estimate of drug-likeness (QED) is 0.442. The van der Waals surface area contributed by atoms with Gasteiger partial charge in [0.05, 0.1) is 11.1 Å². The maximum absolute atomic E-state index is 12.0. The van der Waals surface area contributed by atoms with Crippen molar-refractivity contribution < 1.29 is 4.92 Å². The van der Waals surface area contributed by atoms with E-state index in [1.807, 2.05) is 13.8 Å². The van der Waals surface area contributed by atoms with Crippen molar-refractivity contribution in [2.24, 2.45) is 0 Å². The minimum Gasteiger partial charge on any atom is -0.314 e. The predicted molar refractivity (Wildman–Crippen MR) is 75.0 cm³/mol. The Labute approximate surface area is 116 Å². The Morgan fingerprint density at radius 1 is 1.40 bits per heavy atom. The second-order valence-corrected chi connectivity index (χ2v) is 4.76. The molecule has 20 heavy (non-hydrogen) atoms. The van der Waals surface area contributed by atoms with Crippen molar-refractivity contribution in [1.82, 2.24) is 14.5 Å². The van der Waals surface area contributed by atoms with E-state index >= 15 is 0 Å². The first kappa shape index (κ1) is 16.1. The third-order valence-corrected chi connectivity index (χ3v) is 2.87. The molecule has 0 unspecified atom stereocenters. The highest BCUT2D eigenvalue weighted by atomic mass is 16.6. The van der Waals surface area contributed by atoms with E-state index in [0.29, 0.717) is 19.0 Å². The molecule has 1 aromatic rings. The number of rotatable bonds is 7. The predicted octanol–water partition coefficient (Wildman–Crippen LogP) is 0.326. The van der Waals surface area contributed by atoms with Crippen molar-refractivity contribution in [2.45, 2.75) is 46.3 Å². The first-order valence-electron chi connectivity index (χ1n) is 6.60. The Kier molecular flexibility index (Phi) is 5.63. The van der Waals surface area contributed by atoms with E-state index in [0.717, 1.165) is 10.8 Å². The largest absolute Gasteiger partial charge is 0.350 e. The molecule has 8 nitrogen and oxygen atoms in total. The summed E-state index contributed by atoms with van der Waals surface area (Å²) in [5, 5.41) is 14.0. The molecule has 0 bridgehead atoms. The molecule has 0 aliphatic heterocycles. The van der Waals surface area contributed by atoms with Crippen molar-refractivity contribution in [3.63, 3.8) is 0 Å². The Balaban J connectivity index is 3.05. The molecule has 0 amide bonds. The first-order chi connectivity index (χ1) is 9.38. The number of nitrogens with zero attached hydrogens (tertiary/aromatic N) is 3. The summed E-state index contributed by atoms with van der Waals surface area (Å²) in [4.78, 5) is 34.0. The Morgan fingerprint density at radius 2 is 2.05 bits per heavy atom. The molecule has 1 aromatic heterocycles. The summed E-state index contributed by atoms with van der Waals surface area (Å²) in [6, 6.07) is 0.309. The van der Waals surface area contributed by atoms with Gasteiger partial charge in [0.1, 0.15) is 0 Å². The molecule has 8 heteroatoms. The van der Waals surface area contributed by atoms with Gasteiger partial charge in [0.15, 0.2) is 0 Å². The van der Waals surface area contributed by atoms with Crippen molar-refractivity contribution in [3.05, 3.63) is 37.1 Å².